The van der Waals surface area contributed by atoms with Crippen LogP contribution in [0.4, 0.5) is 0 Å². The molecule has 78 valence electrons. The summed E-state index contributed by atoms with van der Waals surface area (Å²) >= 11 is 0. The Labute approximate surface area is 81.9 Å². The van der Waals surface area contributed by atoms with Crippen LogP contribution in [0.15, 0.2) is 0 Å². The van der Waals surface area contributed by atoms with Gasteiger partial charge in [0.2, 0.25) is 0 Å². The van der Waals surface area contributed by atoms with Gasteiger partial charge in [0.1, 0.15) is 5.78 Å². The normalized spacial score (nSPS) is 15.4. The van der Waals surface area contributed by atoms with E-state index < -0.39 is 0 Å². The Hall–Kier alpha value is -0.370. The van der Waals surface area contributed by atoms with Crippen molar-refractivity contribution >= 4 is 5.78 Å². The molecule has 0 amide bonds. The average Bonchev–Trinajstić information content (AvgIpc) is 2.01. The van der Waals surface area contributed by atoms with Crippen molar-refractivity contribution in [3.63, 3.8) is 0 Å². The summed E-state index contributed by atoms with van der Waals surface area (Å²) in [4.78, 5) is 11.4. The van der Waals surface area contributed by atoms with E-state index in [0.29, 0.717) is 18.1 Å². The van der Waals surface area contributed by atoms with Crippen LogP contribution < -0.4 is 5.73 Å². The number of ketones is 1. The summed E-state index contributed by atoms with van der Waals surface area (Å²) in [7, 11) is 0. The summed E-state index contributed by atoms with van der Waals surface area (Å²) in [6.07, 6.45) is 4.55. The second kappa shape index (κ2) is 7.07. The first-order valence-electron chi connectivity index (χ1n) is 5.33. The van der Waals surface area contributed by atoms with Crippen LogP contribution in [0, 0.1) is 5.92 Å². The first kappa shape index (κ1) is 12.6. The van der Waals surface area contributed by atoms with Crippen LogP contribution in [0.1, 0.15) is 52.9 Å². The van der Waals surface area contributed by atoms with Gasteiger partial charge in [-0.3, -0.25) is 4.79 Å². The summed E-state index contributed by atoms with van der Waals surface area (Å²) in [5.74, 6) is 0.920. The summed E-state index contributed by atoms with van der Waals surface area (Å²) < 4.78 is 0. The summed E-state index contributed by atoms with van der Waals surface area (Å²) in [5.41, 5.74) is 5.58. The molecule has 0 aliphatic rings. The van der Waals surface area contributed by atoms with Crippen molar-refractivity contribution in [2.24, 2.45) is 11.7 Å². The zero-order valence-corrected chi connectivity index (χ0v) is 9.18. The zero-order valence-electron chi connectivity index (χ0n) is 9.18. The lowest BCUT2D eigenvalue weighted by atomic mass is 9.97. The topological polar surface area (TPSA) is 43.1 Å². The Morgan fingerprint density at radius 3 is 2.38 bits per heavy atom. The monoisotopic (exact) mass is 185 g/mol. The van der Waals surface area contributed by atoms with E-state index >= 15 is 0 Å². The van der Waals surface area contributed by atoms with Crippen molar-refractivity contribution in [3.8, 4) is 0 Å². The molecule has 2 nitrogen and oxygen atoms in total. The van der Waals surface area contributed by atoms with Crippen LogP contribution in [-0.4, -0.2) is 11.8 Å². The van der Waals surface area contributed by atoms with Crippen LogP contribution in [-0.2, 0) is 4.79 Å². The van der Waals surface area contributed by atoms with E-state index in [1.165, 1.54) is 6.42 Å². The highest BCUT2D eigenvalue weighted by Gasteiger charge is 2.08. The first-order valence-corrected chi connectivity index (χ1v) is 5.33. The third-order valence-corrected chi connectivity index (χ3v) is 2.24. The van der Waals surface area contributed by atoms with E-state index in [-0.39, 0.29) is 6.04 Å². The number of rotatable bonds is 7. The number of hydrogen-bond acceptors (Lipinski definition) is 2. The molecule has 0 radical (unpaired) electrons. The minimum absolute atomic E-state index is 0.158. The molecule has 0 spiro atoms. The van der Waals surface area contributed by atoms with Gasteiger partial charge in [0.25, 0.3) is 0 Å². The average molecular weight is 185 g/mol. The third kappa shape index (κ3) is 7.97. The van der Waals surface area contributed by atoms with Gasteiger partial charge in [-0.25, -0.2) is 0 Å². The molecule has 0 aromatic rings. The molecular formula is C11H23NO. The molecule has 0 aliphatic carbocycles. The summed E-state index contributed by atoms with van der Waals surface area (Å²) in [6.45, 7) is 6.25. The fourth-order valence-corrected chi connectivity index (χ4v) is 1.47. The van der Waals surface area contributed by atoms with Crippen LogP contribution in [0.5, 0.6) is 0 Å². The predicted octanol–water partition coefficient (Wildman–Crippen LogP) is 2.51. The lowest BCUT2D eigenvalue weighted by Crippen LogP contribution is -2.17. The van der Waals surface area contributed by atoms with Gasteiger partial charge in [0.05, 0.1) is 0 Å². The van der Waals surface area contributed by atoms with Crippen LogP contribution >= 0.6 is 0 Å². The molecule has 2 unspecified atom stereocenters. The Kier molecular flexibility index (Phi) is 6.87. The Balaban J connectivity index is 3.50. The maximum atomic E-state index is 11.4. The number of nitrogens with two attached hydrogens (primary N) is 1. The van der Waals surface area contributed by atoms with E-state index in [4.69, 9.17) is 5.73 Å². The molecule has 0 aliphatic heterocycles. The van der Waals surface area contributed by atoms with E-state index in [0.717, 1.165) is 19.3 Å². The summed E-state index contributed by atoms with van der Waals surface area (Å²) in [5, 5.41) is 0. The minimum atomic E-state index is 0.158. The fraction of sp³-hybridized carbons (Fsp3) is 0.909. The van der Waals surface area contributed by atoms with E-state index in [1.54, 1.807) is 0 Å². The van der Waals surface area contributed by atoms with Gasteiger partial charge in [-0.1, -0.05) is 26.7 Å². The van der Waals surface area contributed by atoms with Gasteiger partial charge < -0.3 is 5.73 Å². The molecule has 2 heteroatoms. The molecule has 0 fully saturated rings. The molecule has 13 heavy (non-hydrogen) atoms. The van der Waals surface area contributed by atoms with Crippen molar-refractivity contribution in [2.45, 2.75) is 58.9 Å². The lowest BCUT2D eigenvalue weighted by molar-refractivity contribution is -0.120. The maximum absolute atomic E-state index is 11.4. The standard InChI is InChI=1S/C11H23NO/c1-4-5-9(2)8-11(13)7-6-10(3)12/h9-10H,4-8,12H2,1-3H3. The molecule has 0 bridgehead atoms. The van der Waals surface area contributed by atoms with E-state index in [9.17, 15) is 4.79 Å². The molecule has 0 saturated carbocycles. The highest BCUT2D eigenvalue weighted by molar-refractivity contribution is 5.78. The van der Waals surface area contributed by atoms with Gasteiger partial charge in [-0.05, 0) is 19.3 Å². The number of Topliss-reactive ketones (excluding diaryl/α,β-unsaturated/α-hetero) is 1. The SMILES string of the molecule is CCCC(C)CC(=O)CCC(C)N. The quantitative estimate of drug-likeness (QED) is 0.662. The number of hydrogen-bond donors (Lipinski definition) is 1. The van der Waals surface area contributed by atoms with Crippen LogP contribution in [0.2, 0.25) is 0 Å². The van der Waals surface area contributed by atoms with Crippen molar-refractivity contribution < 1.29 is 4.79 Å². The maximum Gasteiger partial charge on any atom is 0.133 e. The van der Waals surface area contributed by atoms with Crippen LogP contribution in [0.3, 0.4) is 0 Å². The number of carbonyl (C=O) groups excluding carboxylic acids is 1. The summed E-state index contributed by atoms with van der Waals surface area (Å²) in [6, 6.07) is 0.158. The largest absolute Gasteiger partial charge is 0.328 e. The van der Waals surface area contributed by atoms with Crippen molar-refractivity contribution in [3.05, 3.63) is 0 Å². The Morgan fingerprint density at radius 1 is 1.31 bits per heavy atom. The second-order valence-electron chi connectivity index (χ2n) is 4.15. The fourth-order valence-electron chi connectivity index (χ4n) is 1.47. The zero-order chi connectivity index (χ0) is 10.3. The molecule has 2 N–H and O–H groups in total. The van der Waals surface area contributed by atoms with E-state index in [2.05, 4.69) is 13.8 Å². The Morgan fingerprint density at radius 2 is 1.92 bits per heavy atom. The third-order valence-electron chi connectivity index (χ3n) is 2.24. The molecule has 0 rings (SSSR count). The molecular weight excluding hydrogens is 162 g/mol. The van der Waals surface area contributed by atoms with Crippen molar-refractivity contribution in [1.29, 1.82) is 0 Å². The molecule has 2 atom stereocenters. The van der Waals surface area contributed by atoms with Crippen molar-refractivity contribution in [2.75, 3.05) is 0 Å². The van der Waals surface area contributed by atoms with Gasteiger partial charge in [-0.2, -0.15) is 0 Å². The minimum Gasteiger partial charge on any atom is -0.328 e. The lowest BCUT2D eigenvalue weighted by Gasteiger charge is -2.09. The molecule has 0 saturated heterocycles. The van der Waals surface area contributed by atoms with Gasteiger partial charge in [0, 0.05) is 18.9 Å². The molecule has 0 aromatic carbocycles. The molecule has 0 aromatic heterocycles. The first-order chi connectivity index (χ1) is 6.06. The second-order valence-corrected chi connectivity index (χ2v) is 4.15. The predicted molar refractivity (Wildman–Crippen MR) is 56.6 cm³/mol. The van der Waals surface area contributed by atoms with Gasteiger partial charge in [-0.15, -0.1) is 0 Å². The van der Waals surface area contributed by atoms with E-state index in [1.807, 2.05) is 6.92 Å². The van der Waals surface area contributed by atoms with Gasteiger partial charge >= 0.3 is 0 Å². The molecule has 0 heterocycles. The smallest absolute Gasteiger partial charge is 0.133 e. The highest BCUT2D eigenvalue weighted by atomic mass is 16.1. The van der Waals surface area contributed by atoms with Gasteiger partial charge in [0.15, 0.2) is 0 Å². The van der Waals surface area contributed by atoms with Crippen LogP contribution in [0.25, 0.3) is 0 Å². The highest BCUT2D eigenvalue weighted by Crippen LogP contribution is 2.12. The van der Waals surface area contributed by atoms with Crippen molar-refractivity contribution in [1.82, 2.24) is 0 Å². The Bertz CT molecular complexity index is 143. The number of carbonyl (C=O) groups is 1.